The third-order valence-corrected chi connectivity index (χ3v) is 5.82. The topological polar surface area (TPSA) is 44.5 Å². The Balaban J connectivity index is 1.72. The van der Waals surface area contributed by atoms with Crippen molar-refractivity contribution >= 4 is 27.3 Å². The van der Waals surface area contributed by atoms with Crippen molar-refractivity contribution in [3.05, 3.63) is 20.8 Å². The first-order valence-electron chi connectivity index (χ1n) is 6.40. The van der Waals surface area contributed by atoms with E-state index in [1.807, 2.05) is 0 Å². The van der Waals surface area contributed by atoms with Crippen LogP contribution < -0.4 is 5.73 Å². The highest BCUT2D eigenvalue weighted by Crippen LogP contribution is 2.41. The van der Waals surface area contributed by atoms with Crippen molar-refractivity contribution in [1.29, 1.82) is 0 Å². The molecule has 5 heteroatoms. The zero-order valence-corrected chi connectivity index (χ0v) is 12.6. The van der Waals surface area contributed by atoms with Gasteiger partial charge in [-0.25, -0.2) is 0 Å². The number of hydrogen-bond donors (Lipinski definition) is 1. The largest absolute Gasteiger partial charge is 0.378 e. The highest BCUT2D eigenvalue weighted by atomic mass is 79.9. The molecule has 1 spiro atoms. The van der Waals surface area contributed by atoms with E-state index in [1.165, 1.54) is 4.88 Å². The summed E-state index contributed by atoms with van der Waals surface area (Å²) in [5.74, 6) is 0.506. The van der Waals surface area contributed by atoms with Crippen molar-refractivity contribution < 1.29 is 9.47 Å². The lowest BCUT2D eigenvalue weighted by Gasteiger charge is -2.39. The van der Waals surface area contributed by atoms with Crippen LogP contribution in [0.4, 0.5) is 0 Å². The quantitative estimate of drug-likeness (QED) is 0.905. The molecule has 3 nitrogen and oxygen atoms in total. The van der Waals surface area contributed by atoms with Gasteiger partial charge in [0, 0.05) is 40.4 Å². The molecule has 0 bridgehead atoms. The minimum absolute atomic E-state index is 0.0466. The number of hydrogen-bond acceptors (Lipinski definition) is 4. The van der Waals surface area contributed by atoms with Crippen LogP contribution in [0.15, 0.2) is 15.9 Å². The average Bonchev–Trinajstić information content (AvgIpc) is 2.98. The van der Waals surface area contributed by atoms with Crippen LogP contribution in [0.3, 0.4) is 0 Å². The number of halogens is 1. The van der Waals surface area contributed by atoms with Gasteiger partial charge < -0.3 is 15.2 Å². The molecule has 3 unspecified atom stereocenters. The third kappa shape index (κ3) is 2.51. The SMILES string of the molecule is NC(c1cc(Br)cs1)C1CCOC2(CCOC2)C1. The van der Waals surface area contributed by atoms with Crippen LogP contribution in [-0.4, -0.2) is 25.4 Å². The molecule has 100 valence electrons. The molecule has 3 rings (SSSR count). The van der Waals surface area contributed by atoms with E-state index in [0.717, 1.165) is 43.6 Å². The summed E-state index contributed by atoms with van der Waals surface area (Å²) in [6.45, 7) is 2.38. The standard InChI is InChI=1S/C13H18BrNO2S/c14-10-5-11(18-7-10)12(15)9-1-3-17-13(6-9)2-4-16-8-13/h5,7,9,12H,1-4,6,8,15H2. The van der Waals surface area contributed by atoms with Crippen molar-refractivity contribution in [1.82, 2.24) is 0 Å². The zero-order chi connectivity index (χ0) is 12.6. The van der Waals surface area contributed by atoms with E-state index in [1.54, 1.807) is 11.3 Å². The van der Waals surface area contributed by atoms with Crippen LogP contribution in [0.2, 0.25) is 0 Å². The van der Waals surface area contributed by atoms with E-state index in [0.29, 0.717) is 5.92 Å². The highest BCUT2D eigenvalue weighted by Gasteiger charge is 2.42. The maximum Gasteiger partial charge on any atom is 0.0940 e. The molecule has 3 atom stereocenters. The lowest BCUT2D eigenvalue weighted by molar-refractivity contribution is -0.101. The Morgan fingerprint density at radius 1 is 1.50 bits per heavy atom. The molecule has 1 aromatic rings. The molecule has 0 aromatic carbocycles. The summed E-state index contributed by atoms with van der Waals surface area (Å²) in [7, 11) is 0. The summed E-state index contributed by atoms with van der Waals surface area (Å²) < 4.78 is 12.6. The molecule has 18 heavy (non-hydrogen) atoms. The highest BCUT2D eigenvalue weighted by molar-refractivity contribution is 9.10. The maximum absolute atomic E-state index is 6.43. The Kier molecular flexibility index (Phi) is 3.78. The van der Waals surface area contributed by atoms with Gasteiger partial charge in [0.2, 0.25) is 0 Å². The number of thiophene rings is 1. The van der Waals surface area contributed by atoms with Crippen LogP contribution in [0.1, 0.15) is 30.2 Å². The normalized spacial score (nSPS) is 34.0. The maximum atomic E-state index is 6.43. The molecule has 0 radical (unpaired) electrons. The average molecular weight is 332 g/mol. The monoisotopic (exact) mass is 331 g/mol. The van der Waals surface area contributed by atoms with E-state index in [2.05, 4.69) is 27.4 Å². The molecule has 1 aromatic heterocycles. The molecule has 3 heterocycles. The number of rotatable bonds is 2. The summed E-state index contributed by atoms with van der Waals surface area (Å²) >= 11 is 5.23. The minimum Gasteiger partial charge on any atom is -0.378 e. The second-order valence-electron chi connectivity index (χ2n) is 5.28. The first-order chi connectivity index (χ1) is 8.69. The lowest BCUT2D eigenvalue weighted by atomic mass is 9.81. The summed E-state index contributed by atoms with van der Waals surface area (Å²) in [5, 5.41) is 2.10. The second-order valence-corrected chi connectivity index (χ2v) is 7.14. The minimum atomic E-state index is -0.0466. The number of nitrogens with two attached hydrogens (primary N) is 1. The van der Waals surface area contributed by atoms with Gasteiger partial charge in [-0.05, 0) is 40.8 Å². The van der Waals surface area contributed by atoms with Crippen LogP contribution in [-0.2, 0) is 9.47 Å². The Morgan fingerprint density at radius 3 is 3.06 bits per heavy atom. The first-order valence-corrected chi connectivity index (χ1v) is 8.07. The van der Waals surface area contributed by atoms with E-state index in [4.69, 9.17) is 15.2 Å². The second kappa shape index (κ2) is 5.21. The molecular weight excluding hydrogens is 314 g/mol. The molecule has 0 amide bonds. The first kappa shape index (κ1) is 13.1. The fraction of sp³-hybridized carbons (Fsp3) is 0.692. The van der Waals surface area contributed by atoms with Crippen LogP contribution in [0.5, 0.6) is 0 Å². The van der Waals surface area contributed by atoms with E-state index < -0.39 is 0 Å². The van der Waals surface area contributed by atoms with Gasteiger partial charge in [-0.2, -0.15) is 0 Å². The molecule has 2 saturated heterocycles. The van der Waals surface area contributed by atoms with Gasteiger partial charge in [-0.1, -0.05) is 0 Å². The van der Waals surface area contributed by atoms with Crippen LogP contribution >= 0.6 is 27.3 Å². The Bertz CT molecular complexity index is 417. The Morgan fingerprint density at radius 2 is 2.39 bits per heavy atom. The fourth-order valence-corrected chi connectivity index (χ4v) is 4.51. The van der Waals surface area contributed by atoms with E-state index in [-0.39, 0.29) is 11.6 Å². The fourth-order valence-electron chi connectivity index (χ4n) is 2.97. The van der Waals surface area contributed by atoms with Gasteiger partial charge in [-0.15, -0.1) is 11.3 Å². The number of ether oxygens (including phenoxy) is 2. The van der Waals surface area contributed by atoms with Crippen molar-refractivity contribution in [2.75, 3.05) is 19.8 Å². The van der Waals surface area contributed by atoms with Crippen molar-refractivity contribution in [3.8, 4) is 0 Å². The van der Waals surface area contributed by atoms with E-state index in [9.17, 15) is 0 Å². The van der Waals surface area contributed by atoms with Gasteiger partial charge in [0.25, 0.3) is 0 Å². The van der Waals surface area contributed by atoms with Crippen molar-refractivity contribution in [3.63, 3.8) is 0 Å². The van der Waals surface area contributed by atoms with Gasteiger partial charge in [0.15, 0.2) is 0 Å². The third-order valence-electron chi connectivity index (χ3n) is 4.02. The summed E-state index contributed by atoms with van der Waals surface area (Å²) in [4.78, 5) is 1.27. The van der Waals surface area contributed by atoms with Crippen molar-refractivity contribution in [2.24, 2.45) is 11.7 Å². The molecule has 2 aliphatic rings. The zero-order valence-electron chi connectivity index (χ0n) is 10.2. The van der Waals surface area contributed by atoms with Crippen molar-refractivity contribution in [2.45, 2.75) is 30.9 Å². The lowest BCUT2D eigenvalue weighted by Crippen LogP contribution is -2.43. The Labute approximate surface area is 120 Å². The molecule has 2 fully saturated rings. The Hall–Kier alpha value is 0.0600. The predicted molar refractivity (Wildman–Crippen MR) is 75.8 cm³/mol. The van der Waals surface area contributed by atoms with Crippen LogP contribution in [0, 0.1) is 5.92 Å². The summed E-state index contributed by atoms with van der Waals surface area (Å²) in [6, 6.07) is 2.27. The molecule has 0 aliphatic carbocycles. The van der Waals surface area contributed by atoms with Gasteiger partial charge in [0.05, 0.1) is 12.2 Å². The molecular formula is C13H18BrNO2S. The van der Waals surface area contributed by atoms with Crippen LogP contribution in [0.25, 0.3) is 0 Å². The predicted octanol–water partition coefficient (Wildman–Crippen LogP) is 3.10. The van der Waals surface area contributed by atoms with Gasteiger partial charge in [0.1, 0.15) is 0 Å². The summed E-state index contributed by atoms with van der Waals surface area (Å²) in [5.41, 5.74) is 6.38. The van der Waals surface area contributed by atoms with Gasteiger partial charge in [-0.3, -0.25) is 0 Å². The summed E-state index contributed by atoms with van der Waals surface area (Å²) in [6.07, 6.45) is 3.10. The molecule has 0 saturated carbocycles. The molecule has 2 aliphatic heterocycles. The smallest absolute Gasteiger partial charge is 0.0940 e. The van der Waals surface area contributed by atoms with E-state index >= 15 is 0 Å². The van der Waals surface area contributed by atoms with Gasteiger partial charge >= 0.3 is 0 Å². The molecule has 2 N–H and O–H groups in total.